The molecule has 0 N–H and O–H groups in total. The van der Waals surface area contributed by atoms with Crippen LogP contribution in [0.5, 0.6) is 0 Å². The lowest BCUT2D eigenvalue weighted by atomic mass is 9.32. The largest absolute Gasteiger partial charge is 0.380 e. The van der Waals surface area contributed by atoms with Crippen LogP contribution in [0.2, 0.25) is 49.9 Å². The molecule has 0 spiro atoms. The summed E-state index contributed by atoms with van der Waals surface area (Å²) >= 11 is 0. The van der Waals surface area contributed by atoms with Crippen LogP contribution in [-0.4, -0.2) is 39.2 Å². The lowest BCUT2D eigenvalue weighted by molar-refractivity contribution is 0.515. The molecule has 1 aliphatic rings. The Morgan fingerprint density at radius 2 is 0.750 bits per heavy atom. The summed E-state index contributed by atoms with van der Waals surface area (Å²) in [6.45, 7) is 30.7. The minimum absolute atomic E-state index is 0.322. The first kappa shape index (κ1) is 18.5. The van der Waals surface area contributed by atoms with Crippen molar-refractivity contribution in [3.63, 3.8) is 0 Å². The zero-order valence-corrected chi connectivity index (χ0v) is 18.0. The summed E-state index contributed by atoms with van der Waals surface area (Å²) in [5, 5.41) is 0.643. The van der Waals surface area contributed by atoms with Gasteiger partial charge >= 0.3 is 0 Å². The molecule has 1 saturated heterocycles. The third-order valence-electron chi connectivity index (χ3n) is 4.15. The molecule has 0 amide bonds. The molecule has 0 atom stereocenters. The average molecular weight is 310 g/mol. The first-order valence-electron chi connectivity index (χ1n) is 8.06. The molecule has 0 aromatic carbocycles. The SMILES string of the molecule is CC(C)(C)B1N([Si](C)(C)C)B(C(C)(C)C)N1[Si](C)(C)C. The van der Waals surface area contributed by atoms with E-state index in [9.17, 15) is 0 Å². The molecule has 0 aliphatic carbocycles. The summed E-state index contributed by atoms with van der Waals surface area (Å²) in [5.74, 6) is 0. The molecule has 0 bridgehead atoms. The molecule has 6 heteroatoms. The highest BCUT2D eigenvalue weighted by Gasteiger charge is 2.65. The van der Waals surface area contributed by atoms with Gasteiger partial charge < -0.3 is 8.78 Å². The van der Waals surface area contributed by atoms with Gasteiger partial charge in [0.25, 0.3) is 14.0 Å². The maximum absolute atomic E-state index is 2.91. The fraction of sp³-hybridized carbons (Fsp3) is 1.00. The molecular weight excluding hydrogens is 274 g/mol. The summed E-state index contributed by atoms with van der Waals surface area (Å²) in [6, 6.07) is 0. The van der Waals surface area contributed by atoms with Gasteiger partial charge in [0.15, 0.2) is 0 Å². The molecule has 0 aromatic heterocycles. The van der Waals surface area contributed by atoms with Crippen molar-refractivity contribution < 1.29 is 0 Å². The van der Waals surface area contributed by atoms with Crippen molar-refractivity contribution in [3.8, 4) is 0 Å². The molecule has 0 unspecified atom stereocenters. The molecule has 1 rings (SSSR count). The van der Waals surface area contributed by atoms with Gasteiger partial charge in [-0.2, -0.15) is 0 Å². The van der Waals surface area contributed by atoms with Crippen LogP contribution in [0.25, 0.3) is 0 Å². The van der Waals surface area contributed by atoms with E-state index in [0.29, 0.717) is 24.6 Å². The predicted molar refractivity (Wildman–Crippen MR) is 101 cm³/mol. The smallest absolute Gasteiger partial charge is 0.282 e. The minimum Gasteiger partial charge on any atom is -0.380 e. The average Bonchev–Trinajstić information content (AvgIpc) is 1.86. The van der Waals surface area contributed by atoms with Gasteiger partial charge in [0, 0.05) is 0 Å². The van der Waals surface area contributed by atoms with Gasteiger partial charge in [0.1, 0.15) is 0 Å². The molecule has 0 radical (unpaired) electrons. The van der Waals surface area contributed by atoms with Gasteiger partial charge in [-0.05, 0) is 10.6 Å². The van der Waals surface area contributed by atoms with Gasteiger partial charge in [-0.15, -0.1) is 0 Å². The van der Waals surface area contributed by atoms with Crippen molar-refractivity contribution in [1.82, 2.24) is 8.78 Å². The third-order valence-corrected chi connectivity index (χ3v) is 8.23. The Bertz CT molecular complexity index is 281. The molecule has 1 heterocycles. The van der Waals surface area contributed by atoms with E-state index < -0.39 is 16.5 Å². The highest BCUT2D eigenvalue weighted by molar-refractivity contribution is 7.10. The van der Waals surface area contributed by atoms with Crippen molar-refractivity contribution in [2.24, 2.45) is 0 Å². The standard InChI is InChI=1S/C14H36B2N2Si2/c1-13(2,3)15-17(19(7,8)9)16(14(4,5)6)18(15)20(10,11)12/h1-12H3. The van der Waals surface area contributed by atoms with Crippen LogP contribution in [0.3, 0.4) is 0 Å². The maximum atomic E-state index is 2.91. The van der Waals surface area contributed by atoms with Crippen molar-refractivity contribution in [2.45, 2.75) is 91.5 Å². The molecule has 1 aliphatic heterocycles. The van der Waals surface area contributed by atoms with Crippen molar-refractivity contribution in [1.29, 1.82) is 0 Å². The van der Waals surface area contributed by atoms with Crippen LogP contribution < -0.4 is 0 Å². The topological polar surface area (TPSA) is 6.48 Å². The predicted octanol–water partition coefficient (Wildman–Crippen LogP) is 4.85. The van der Waals surface area contributed by atoms with Gasteiger partial charge in [-0.1, -0.05) is 80.8 Å². The number of nitrogens with zero attached hydrogens (tertiary/aromatic N) is 2. The lowest BCUT2D eigenvalue weighted by Crippen LogP contribution is -2.90. The van der Waals surface area contributed by atoms with Gasteiger partial charge in [0.05, 0.1) is 16.5 Å². The van der Waals surface area contributed by atoms with Crippen LogP contribution >= 0.6 is 0 Å². The fourth-order valence-electron chi connectivity index (χ4n) is 3.60. The Labute approximate surface area is 131 Å². The summed E-state index contributed by atoms with van der Waals surface area (Å²) in [4.78, 5) is 0. The van der Waals surface area contributed by atoms with Crippen LogP contribution in [0.15, 0.2) is 0 Å². The van der Waals surface area contributed by atoms with E-state index in [1.54, 1.807) is 0 Å². The fourth-order valence-corrected chi connectivity index (χ4v) is 8.81. The quantitative estimate of drug-likeness (QED) is 0.673. The zero-order chi connectivity index (χ0) is 16.3. The first-order chi connectivity index (χ1) is 8.49. The Morgan fingerprint density at radius 1 is 0.550 bits per heavy atom. The summed E-state index contributed by atoms with van der Waals surface area (Å²) < 4.78 is 5.82. The van der Waals surface area contributed by atoms with Gasteiger partial charge in [-0.3, -0.25) is 0 Å². The zero-order valence-electron chi connectivity index (χ0n) is 16.0. The van der Waals surface area contributed by atoms with Crippen molar-refractivity contribution in [3.05, 3.63) is 0 Å². The minimum atomic E-state index is -1.33. The highest BCUT2D eigenvalue weighted by Crippen LogP contribution is 2.50. The summed E-state index contributed by atoms with van der Waals surface area (Å²) in [5.41, 5.74) is 0. The molecule has 2 nitrogen and oxygen atoms in total. The normalized spacial score (nSPS) is 20.4. The van der Waals surface area contributed by atoms with Crippen LogP contribution in [0, 0.1) is 0 Å². The summed E-state index contributed by atoms with van der Waals surface area (Å²) in [6.07, 6.45) is 0. The second kappa shape index (κ2) is 5.00. The molecule has 116 valence electrons. The Morgan fingerprint density at radius 3 is 0.850 bits per heavy atom. The summed E-state index contributed by atoms with van der Waals surface area (Å²) in [7, 11) is -2.65. The van der Waals surface area contributed by atoms with E-state index in [1.807, 2.05) is 0 Å². The Balaban J connectivity index is 3.33. The van der Waals surface area contributed by atoms with Crippen molar-refractivity contribution in [2.75, 3.05) is 0 Å². The second-order valence-corrected chi connectivity index (χ2v) is 20.4. The van der Waals surface area contributed by atoms with E-state index in [0.717, 1.165) is 0 Å². The van der Waals surface area contributed by atoms with Gasteiger partial charge in [-0.25, -0.2) is 0 Å². The number of hydrogen-bond acceptors (Lipinski definition) is 2. The van der Waals surface area contributed by atoms with Crippen molar-refractivity contribution >= 4 is 30.4 Å². The second-order valence-electron chi connectivity index (χ2n) is 10.6. The maximum Gasteiger partial charge on any atom is 0.282 e. The van der Waals surface area contributed by atoms with Gasteiger partial charge in [0.2, 0.25) is 0 Å². The lowest BCUT2D eigenvalue weighted by Gasteiger charge is -2.70. The molecule has 0 aromatic rings. The van der Waals surface area contributed by atoms with Crippen LogP contribution in [0.4, 0.5) is 0 Å². The van der Waals surface area contributed by atoms with E-state index in [4.69, 9.17) is 0 Å². The Kier molecular flexibility index (Phi) is 4.63. The van der Waals surface area contributed by atoms with E-state index in [-0.39, 0.29) is 0 Å². The van der Waals surface area contributed by atoms with Crippen LogP contribution in [-0.2, 0) is 0 Å². The van der Waals surface area contributed by atoms with Crippen LogP contribution in [0.1, 0.15) is 41.5 Å². The highest BCUT2D eigenvalue weighted by atomic mass is 28.3. The third kappa shape index (κ3) is 3.45. The Hall–Kier alpha value is 0.484. The number of rotatable bonds is 2. The monoisotopic (exact) mass is 310 g/mol. The van der Waals surface area contributed by atoms with E-state index >= 15 is 0 Å². The molecule has 20 heavy (non-hydrogen) atoms. The van der Waals surface area contributed by atoms with E-state index in [2.05, 4.69) is 89.6 Å². The molecule has 0 saturated carbocycles. The number of hydrogen-bond donors (Lipinski definition) is 0. The first-order valence-corrected chi connectivity index (χ1v) is 15.0. The molecule has 1 fully saturated rings. The van der Waals surface area contributed by atoms with E-state index in [1.165, 1.54) is 0 Å². The molecular formula is C14H36B2N2Si2.